The van der Waals surface area contributed by atoms with Crippen LogP contribution in [0.15, 0.2) is 71.6 Å². The second-order valence-corrected chi connectivity index (χ2v) is 14.6. The number of benzene rings is 1. The first-order valence-electron chi connectivity index (χ1n) is 21.0. The Bertz CT molecular complexity index is 1170. The molecule has 2 N–H and O–H groups in total. The number of aliphatic hydroxyl groups excluding tert-OH is 1. The van der Waals surface area contributed by atoms with E-state index in [1.165, 1.54) is 25.9 Å². The van der Waals surface area contributed by atoms with E-state index in [1.54, 1.807) is 13.8 Å². The number of aliphatic hydroxyl groups is 1. The molecular formula is C47H87FN4O4. The van der Waals surface area contributed by atoms with Crippen molar-refractivity contribution in [1.82, 2.24) is 15.1 Å². The van der Waals surface area contributed by atoms with Crippen LogP contribution in [0.5, 0.6) is 0 Å². The summed E-state index contributed by atoms with van der Waals surface area (Å²) in [6.45, 7) is 40.0. The molecule has 0 radical (unpaired) electrons. The van der Waals surface area contributed by atoms with Gasteiger partial charge >= 0.3 is 0 Å². The van der Waals surface area contributed by atoms with Crippen LogP contribution in [0.2, 0.25) is 0 Å². The summed E-state index contributed by atoms with van der Waals surface area (Å²) in [6.07, 6.45) is 9.68. The maximum Gasteiger partial charge on any atom is 0.130 e. The predicted octanol–water partition coefficient (Wildman–Crippen LogP) is 11.4. The molecule has 9 heteroatoms. The molecule has 0 saturated heterocycles. The molecule has 0 aliphatic rings. The molecule has 0 fully saturated rings. The number of halogens is 1. The van der Waals surface area contributed by atoms with Gasteiger partial charge in [-0.15, -0.1) is 0 Å². The average molecular weight is 791 g/mol. The maximum absolute atomic E-state index is 12.9. The van der Waals surface area contributed by atoms with E-state index in [9.17, 15) is 9.32 Å². The van der Waals surface area contributed by atoms with Crippen LogP contribution in [0.3, 0.4) is 0 Å². The zero-order chi connectivity index (χ0) is 44.2. The highest BCUT2D eigenvalue weighted by molar-refractivity contribution is 5.90. The van der Waals surface area contributed by atoms with Gasteiger partial charge in [0.15, 0.2) is 0 Å². The molecule has 56 heavy (non-hydrogen) atoms. The number of rotatable bonds is 25. The predicted molar refractivity (Wildman–Crippen MR) is 242 cm³/mol. The Morgan fingerprint density at radius 1 is 0.964 bits per heavy atom. The molecule has 0 aliphatic carbocycles. The number of nitrogens with zero attached hydrogens (tertiary/aromatic N) is 3. The molecule has 0 aromatic heterocycles. The number of Topliss-reactive ketones (excluding diaryl/α,β-unsaturated/α-hetero) is 1. The van der Waals surface area contributed by atoms with Crippen LogP contribution in [0.1, 0.15) is 147 Å². The maximum atomic E-state index is 12.9. The van der Waals surface area contributed by atoms with E-state index in [0.717, 1.165) is 61.5 Å². The average Bonchev–Trinajstić information content (AvgIpc) is 3.19. The zero-order valence-corrected chi connectivity index (χ0v) is 38.7. The number of carbonyl (C=O) groups excluding carboxylic acids is 2. The summed E-state index contributed by atoms with van der Waals surface area (Å²) in [4.78, 5) is 34.2. The molecule has 4 unspecified atom stereocenters. The third-order valence-electron chi connectivity index (χ3n) is 9.52. The summed E-state index contributed by atoms with van der Waals surface area (Å²) in [5, 5.41) is 10.5. The van der Waals surface area contributed by atoms with E-state index in [1.807, 2.05) is 58.8 Å². The summed E-state index contributed by atoms with van der Waals surface area (Å²) in [7, 11) is 3.12. The van der Waals surface area contributed by atoms with Gasteiger partial charge in [-0.05, 0) is 109 Å². The summed E-state index contributed by atoms with van der Waals surface area (Å²) in [5.41, 5.74) is 4.58. The highest BCUT2D eigenvalue weighted by Crippen LogP contribution is 2.27. The van der Waals surface area contributed by atoms with Crippen molar-refractivity contribution in [1.29, 1.82) is 0 Å². The smallest absolute Gasteiger partial charge is 0.130 e. The van der Waals surface area contributed by atoms with Crippen LogP contribution in [-0.4, -0.2) is 84.7 Å². The van der Waals surface area contributed by atoms with Crippen LogP contribution in [0.4, 0.5) is 4.53 Å². The van der Waals surface area contributed by atoms with Crippen LogP contribution >= 0.6 is 0 Å². The minimum atomic E-state index is -0.551. The molecule has 0 aliphatic heterocycles. The lowest BCUT2D eigenvalue weighted by molar-refractivity contribution is -0.175. The molecule has 4 atom stereocenters. The number of aliphatic imine (C=N–C) groups is 1. The van der Waals surface area contributed by atoms with E-state index in [2.05, 4.69) is 101 Å². The Kier molecular flexibility index (Phi) is 41.2. The number of hydrogen-bond acceptors (Lipinski definition) is 8. The Morgan fingerprint density at radius 2 is 1.52 bits per heavy atom. The zero-order valence-electron chi connectivity index (χ0n) is 38.7. The van der Waals surface area contributed by atoms with Crippen molar-refractivity contribution in [2.75, 3.05) is 27.2 Å². The first kappa shape index (κ1) is 59.6. The van der Waals surface area contributed by atoms with Crippen molar-refractivity contribution in [2.45, 2.75) is 172 Å². The molecule has 1 rings (SSSR count). The fraction of sp³-hybridized carbons (Fsp3) is 0.681. The lowest BCUT2D eigenvalue weighted by Gasteiger charge is -2.37. The number of hydrogen-bond donors (Lipinski definition) is 2. The van der Waals surface area contributed by atoms with Gasteiger partial charge in [-0.3, -0.25) is 4.99 Å². The number of nitrogens with one attached hydrogen (secondary N) is 1. The molecule has 326 valence electrons. The summed E-state index contributed by atoms with van der Waals surface area (Å²) < 4.78 is 12.9. The molecular weight excluding hydrogens is 704 g/mol. The van der Waals surface area contributed by atoms with Crippen molar-refractivity contribution in [3.8, 4) is 0 Å². The van der Waals surface area contributed by atoms with E-state index < -0.39 is 6.10 Å². The van der Waals surface area contributed by atoms with Crippen LogP contribution in [-0.2, 0) is 21.0 Å². The van der Waals surface area contributed by atoms with Gasteiger partial charge in [0.05, 0.1) is 17.5 Å². The molecule has 8 nitrogen and oxygen atoms in total. The number of ketones is 1. The molecule has 1 aromatic rings. The molecule has 1 aromatic carbocycles. The summed E-state index contributed by atoms with van der Waals surface area (Å²) >= 11 is 0. The van der Waals surface area contributed by atoms with Gasteiger partial charge in [-0.1, -0.05) is 111 Å². The van der Waals surface area contributed by atoms with Gasteiger partial charge in [0.2, 0.25) is 0 Å². The first-order chi connectivity index (χ1) is 26.6. The van der Waals surface area contributed by atoms with Crippen molar-refractivity contribution in [3.63, 3.8) is 0 Å². The van der Waals surface area contributed by atoms with Gasteiger partial charge in [0, 0.05) is 56.0 Å². The Hall–Kier alpha value is -3.14. The normalized spacial score (nSPS) is 13.3. The van der Waals surface area contributed by atoms with Crippen molar-refractivity contribution in [3.05, 3.63) is 72.2 Å². The highest BCUT2D eigenvalue weighted by atomic mass is 19.3. The molecule has 0 heterocycles. The molecule has 0 spiro atoms. The lowest BCUT2D eigenvalue weighted by Crippen LogP contribution is -2.38. The largest absolute Gasteiger partial charge is 0.400 e. The number of carbonyl (C=O) groups is 2. The fourth-order valence-corrected chi connectivity index (χ4v) is 6.29. The Morgan fingerprint density at radius 3 is 1.95 bits per heavy atom. The second kappa shape index (κ2) is 38.7. The minimum absolute atomic E-state index is 0.00542. The quantitative estimate of drug-likeness (QED) is 0.0752. The van der Waals surface area contributed by atoms with Crippen LogP contribution < -0.4 is 5.32 Å². The van der Waals surface area contributed by atoms with E-state index in [4.69, 9.17) is 14.9 Å². The molecule has 0 amide bonds. The van der Waals surface area contributed by atoms with Crippen molar-refractivity contribution >= 4 is 18.3 Å². The minimum Gasteiger partial charge on any atom is -0.400 e. The van der Waals surface area contributed by atoms with Gasteiger partial charge in [0.25, 0.3) is 0 Å². The van der Waals surface area contributed by atoms with E-state index in [0.29, 0.717) is 30.9 Å². The van der Waals surface area contributed by atoms with E-state index >= 15 is 0 Å². The number of unbranched alkanes of at least 4 members (excludes halogenated alkanes) is 2. The topological polar surface area (TPSA) is 94.5 Å². The van der Waals surface area contributed by atoms with Gasteiger partial charge in [-0.25, -0.2) is 0 Å². The third kappa shape index (κ3) is 28.3. The monoisotopic (exact) mass is 791 g/mol. The molecule has 0 bridgehead atoms. The third-order valence-corrected chi connectivity index (χ3v) is 9.52. The van der Waals surface area contributed by atoms with Gasteiger partial charge in [-0.2, -0.15) is 4.94 Å². The van der Waals surface area contributed by atoms with Crippen LogP contribution in [0.25, 0.3) is 0 Å². The highest BCUT2D eigenvalue weighted by Gasteiger charge is 2.27. The van der Waals surface area contributed by atoms with Gasteiger partial charge < -0.3 is 29.8 Å². The molecule has 0 saturated carbocycles. The van der Waals surface area contributed by atoms with Gasteiger partial charge in [0.1, 0.15) is 12.6 Å². The lowest BCUT2D eigenvalue weighted by atomic mass is 9.85. The fourth-order valence-electron chi connectivity index (χ4n) is 6.29. The number of allylic oxidation sites excluding steroid dienone is 2. The standard InChI is InChI=1S/C34H54FN3O2.C9H21N.C2H6.CH4O.CH2O/c1-11-13-17-25(5)38(10)34(24(3)4)23-31(20-26(6)39)28(8)37-33(12-2)29(9)36-32(21-27(7)40-35)22-30-18-15-14-16-19-30;1-5-7-8-10(6-2)9(3)4;3*1-2/h12,14-16,18-19,24,27,31-32,34,36H,5,9,11,13,17,20-23H2,1-4,6-8,10H3;9H,5-8H2,1-4H3;1-2H3;2H,1H3;1H2/b33-12-,37-28?;;;;. The van der Waals surface area contributed by atoms with Crippen LogP contribution in [0, 0.1) is 11.8 Å². The van der Waals surface area contributed by atoms with E-state index in [-0.39, 0.29) is 23.8 Å². The van der Waals surface area contributed by atoms with Crippen molar-refractivity contribution < 1.29 is 24.2 Å². The second-order valence-electron chi connectivity index (χ2n) is 14.6. The Labute approximate surface area is 345 Å². The summed E-state index contributed by atoms with van der Waals surface area (Å²) in [6, 6.07) is 11.0. The first-order valence-corrected chi connectivity index (χ1v) is 21.0. The summed E-state index contributed by atoms with van der Waals surface area (Å²) in [5.74, 6) is 0.535. The van der Waals surface area contributed by atoms with Crippen molar-refractivity contribution in [2.24, 2.45) is 16.8 Å². The Balaban J connectivity index is -0.000000715. The SMILES string of the molecule is C=C(NC(Cc1ccccc1)CC(C)OF)/C(=C/C)N=C(C)C(CC(C)=O)CC(C(C)C)N(C)C(=C)CCCC.C=O.CC.CCCCN(CC)C(C)C.CO.